The average molecular weight is 399 g/mol. The molecule has 1 fully saturated rings. The normalized spacial score (nSPS) is 17.1. The third-order valence-electron chi connectivity index (χ3n) is 2.22. The van der Waals surface area contributed by atoms with Crippen LogP contribution in [0, 0.1) is 0 Å². The first-order chi connectivity index (χ1) is 9.29. The summed E-state index contributed by atoms with van der Waals surface area (Å²) in [5, 5.41) is 4.46. The molecule has 0 bridgehead atoms. The smallest absolute Gasteiger partial charge is 0.302 e. The van der Waals surface area contributed by atoms with Gasteiger partial charge >= 0.3 is 6.03 Å². The van der Waals surface area contributed by atoms with Gasteiger partial charge in [0.15, 0.2) is 5.84 Å². The van der Waals surface area contributed by atoms with Crippen LogP contribution in [0.4, 0.5) is 4.79 Å². The van der Waals surface area contributed by atoms with Gasteiger partial charge < -0.3 is 5.32 Å². The number of amides is 2. The number of hydrogen-bond acceptors (Lipinski definition) is 3. The van der Waals surface area contributed by atoms with Gasteiger partial charge in [-0.2, -0.15) is 8.42 Å². The number of nitrogens with one attached hydrogen (secondary N) is 2. The number of amidine groups is 1. The van der Waals surface area contributed by atoms with Crippen molar-refractivity contribution < 1.29 is 13.2 Å². The molecule has 1 saturated heterocycles. The summed E-state index contributed by atoms with van der Waals surface area (Å²) in [6.07, 6.45) is 0. The van der Waals surface area contributed by atoms with Crippen LogP contribution in [-0.2, 0) is 10.0 Å². The van der Waals surface area contributed by atoms with E-state index in [4.69, 9.17) is 23.2 Å². The van der Waals surface area contributed by atoms with E-state index in [0.717, 1.165) is 4.47 Å². The molecule has 0 saturated carbocycles. The molecule has 1 aromatic carbocycles. The second-order valence-electron chi connectivity index (χ2n) is 3.58. The van der Waals surface area contributed by atoms with Crippen molar-refractivity contribution in [1.82, 2.24) is 10.6 Å². The number of hydrogen-bond donors (Lipinski definition) is 2. The Morgan fingerprint density at radius 3 is 2.30 bits per heavy atom. The summed E-state index contributed by atoms with van der Waals surface area (Å²) < 4.78 is 28.1. The number of urea groups is 1. The number of carbonyl (C=O) groups is 1. The molecule has 10 heteroatoms. The predicted molar refractivity (Wildman–Crippen MR) is 79.2 cm³/mol. The molecule has 2 rings (SSSR count). The average Bonchev–Trinajstić information content (AvgIpc) is 2.70. The summed E-state index contributed by atoms with van der Waals surface area (Å²) in [5.41, 5.74) is -0.0842. The van der Waals surface area contributed by atoms with E-state index < -0.39 is 16.1 Å². The van der Waals surface area contributed by atoms with Crippen molar-refractivity contribution in [3.05, 3.63) is 38.9 Å². The fraction of sp³-hybridized carbons (Fsp3) is 0. The first kappa shape index (κ1) is 15.3. The van der Waals surface area contributed by atoms with Crippen LogP contribution in [0.25, 0.3) is 0 Å². The van der Waals surface area contributed by atoms with Crippen LogP contribution in [0.5, 0.6) is 0 Å². The van der Waals surface area contributed by atoms with Gasteiger partial charge in [0.25, 0.3) is 10.0 Å². The number of nitrogens with zero attached hydrogens (tertiary/aromatic N) is 1. The predicted octanol–water partition coefficient (Wildman–Crippen LogP) is 2.50. The monoisotopic (exact) mass is 397 g/mol. The lowest BCUT2D eigenvalue weighted by Crippen LogP contribution is -2.23. The van der Waals surface area contributed by atoms with E-state index in [9.17, 15) is 13.2 Å². The molecule has 6 nitrogen and oxygen atoms in total. The minimum Gasteiger partial charge on any atom is -0.302 e. The van der Waals surface area contributed by atoms with Gasteiger partial charge in [-0.25, -0.2) is 4.79 Å². The van der Waals surface area contributed by atoms with E-state index in [-0.39, 0.29) is 20.9 Å². The van der Waals surface area contributed by atoms with E-state index in [1.165, 1.54) is 12.1 Å². The largest absolute Gasteiger partial charge is 0.325 e. The number of sulfonamides is 1. The van der Waals surface area contributed by atoms with Gasteiger partial charge in [-0.1, -0.05) is 39.1 Å². The van der Waals surface area contributed by atoms with Crippen molar-refractivity contribution in [2.75, 3.05) is 0 Å². The molecule has 0 atom stereocenters. The molecule has 1 aromatic rings. The molecule has 0 aliphatic carbocycles. The maximum atomic E-state index is 12.1. The van der Waals surface area contributed by atoms with Gasteiger partial charge in [-0.05, 0) is 24.3 Å². The van der Waals surface area contributed by atoms with Gasteiger partial charge in [0.2, 0.25) is 0 Å². The molecule has 1 heterocycles. The van der Waals surface area contributed by atoms with Crippen molar-refractivity contribution in [3.8, 4) is 0 Å². The summed E-state index contributed by atoms with van der Waals surface area (Å²) in [6.45, 7) is 0. The van der Waals surface area contributed by atoms with Crippen LogP contribution in [0.2, 0.25) is 0 Å². The van der Waals surface area contributed by atoms with Crippen LogP contribution in [-0.4, -0.2) is 20.3 Å². The molecular formula is C10H6BrCl2N3O3S. The summed E-state index contributed by atoms with van der Waals surface area (Å²) in [5.74, 6) is -0.252. The number of halogens is 3. The van der Waals surface area contributed by atoms with Crippen LogP contribution < -0.4 is 10.6 Å². The van der Waals surface area contributed by atoms with Gasteiger partial charge in [0.05, 0.1) is 4.90 Å². The first-order valence-electron chi connectivity index (χ1n) is 5.04. The maximum absolute atomic E-state index is 12.1. The van der Waals surface area contributed by atoms with E-state index in [2.05, 4.69) is 31.0 Å². The summed E-state index contributed by atoms with van der Waals surface area (Å²) in [7, 11) is -3.99. The van der Waals surface area contributed by atoms with Gasteiger partial charge in [-0.15, -0.1) is 4.40 Å². The Labute approximate surface area is 133 Å². The zero-order valence-electron chi connectivity index (χ0n) is 9.52. The summed E-state index contributed by atoms with van der Waals surface area (Å²) in [6, 6.07) is 5.20. The number of carbonyl (C=O) groups excluding carboxylic acids is 1. The quantitative estimate of drug-likeness (QED) is 0.802. The number of benzene rings is 1. The highest BCUT2D eigenvalue weighted by Crippen LogP contribution is 2.20. The molecule has 0 radical (unpaired) electrons. The first-order valence-corrected chi connectivity index (χ1v) is 8.03. The summed E-state index contributed by atoms with van der Waals surface area (Å²) >= 11 is 14.3. The van der Waals surface area contributed by atoms with Crippen LogP contribution >= 0.6 is 39.1 Å². The topological polar surface area (TPSA) is 87.6 Å². The van der Waals surface area contributed by atoms with Crippen molar-refractivity contribution in [3.63, 3.8) is 0 Å². The zero-order chi connectivity index (χ0) is 14.9. The lowest BCUT2D eigenvalue weighted by Gasteiger charge is -2.01. The lowest BCUT2D eigenvalue weighted by atomic mass is 10.4. The van der Waals surface area contributed by atoms with Crippen LogP contribution in [0.1, 0.15) is 0 Å². The van der Waals surface area contributed by atoms with Crippen molar-refractivity contribution in [2.24, 2.45) is 4.40 Å². The Morgan fingerprint density at radius 2 is 1.75 bits per heavy atom. The molecule has 1 aliphatic rings. The highest BCUT2D eigenvalue weighted by atomic mass is 79.9. The molecule has 0 aromatic heterocycles. The summed E-state index contributed by atoms with van der Waals surface area (Å²) in [4.78, 5) is 11.2. The minimum atomic E-state index is -3.99. The lowest BCUT2D eigenvalue weighted by molar-refractivity contribution is 0.250. The minimum absolute atomic E-state index is 0.0283. The Bertz CT molecular complexity index is 725. The Morgan fingerprint density at radius 1 is 1.15 bits per heavy atom. The van der Waals surface area contributed by atoms with E-state index in [1.807, 2.05) is 0 Å². The molecule has 2 N–H and O–H groups in total. The molecular weight excluding hydrogens is 393 g/mol. The number of rotatable bonds is 2. The van der Waals surface area contributed by atoms with Gasteiger partial charge in [0.1, 0.15) is 10.2 Å². The third-order valence-corrected chi connectivity index (χ3v) is 4.42. The highest BCUT2D eigenvalue weighted by Gasteiger charge is 2.27. The Hall–Kier alpha value is -1.09. The molecule has 0 unspecified atom stereocenters. The van der Waals surface area contributed by atoms with Gasteiger partial charge in [0, 0.05) is 4.47 Å². The van der Waals surface area contributed by atoms with Crippen molar-refractivity contribution in [2.45, 2.75) is 4.90 Å². The van der Waals surface area contributed by atoms with Crippen molar-refractivity contribution >= 4 is 61.0 Å². The second-order valence-corrected chi connectivity index (χ2v) is 7.05. The molecule has 0 spiro atoms. The Kier molecular flexibility index (Phi) is 4.38. The molecule has 106 valence electrons. The van der Waals surface area contributed by atoms with Crippen LogP contribution in [0.15, 0.2) is 48.2 Å². The van der Waals surface area contributed by atoms with Gasteiger partial charge in [-0.3, -0.25) is 5.32 Å². The Balaban J connectivity index is 2.46. The maximum Gasteiger partial charge on any atom is 0.325 e. The SMILES string of the molecule is O=C1NC(=C(Cl)Cl)/C(=N/S(=O)(=O)c2ccc(Br)cc2)N1. The zero-order valence-corrected chi connectivity index (χ0v) is 13.4. The van der Waals surface area contributed by atoms with E-state index in [0.29, 0.717) is 0 Å². The van der Waals surface area contributed by atoms with E-state index >= 15 is 0 Å². The second kappa shape index (κ2) is 5.72. The van der Waals surface area contributed by atoms with E-state index in [1.54, 1.807) is 12.1 Å². The van der Waals surface area contributed by atoms with Crippen molar-refractivity contribution in [1.29, 1.82) is 0 Å². The molecule has 2 amide bonds. The fourth-order valence-corrected chi connectivity index (χ4v) is 2.86. The molecule has 20 heavy (non-hydrogen) atoms. The van der Waals surface area contributed by atoms with Crippen LogP contribution in [0.3, 0.4) is 0 Å². The standard InChI is InChI=1S/C10H6BrCl2N3O3S/c11-5-1-3-6(4-2-5)20(18,19)16-9-7(8(12)13)14-10(17)15-9/h1-4H,(H2,14,15,16,17). The molecule has 1 aliphatic heterocycles. The third kappa shape index (κ3) is 3.32. The fourth-order valence-electron chi connectivity index (χ4n) is 1.36. The highest BCUT2D eigenvalue weighted by molar-refractivity contribution is 9.10.